The number of allylic oxidation sites excluding steroid dienone is 1. The van der Waals surface area contributed by atoms with E-state index in [2.05, 4.69) is 18.1 Å². The third-order valence-corrected chi connectivity index (χ3v) is 7.05. The molecule has 5 heteroatoms. The van der Waals surface area contributed by atoms with Crippen molar-refractivity contribution in [3.63, 3.8) is 0 Å². The van der Waals surface area contributed by atoms with Crippen molar-refractivity contribution in [3.8, 4) is 5.69 Å². The minimum atomic E-state index is -1.04. The first-order chi connectivity index (χ1) is 15.0. The molecule has 0 amide bonds. The quantitative estimate of drug-likeness (QED) is 0.609. The second kappa shape index (κ2) is 7.57. The van der Waals surface area contributed by atoms with Crippen molar-refractivity contribution in [1.82, 2.24) is 9.78 Å². The Hall–Kier alpha value is -3.05. The first kappa shape index (κ1) is 19.9. The lowest BCUT2D eigenvalue weighted by molar-refractivity contribution is 0.0230. The van der Waals surface area contributed by atoms with Gasteiger partial charge in [-0.2, -0.15) is 5.10 Å². The number of ketones is 1. The van der Waals surface area contributed by atoms with Crippen molar-refractivity contribution in [2.24, 2.45) is 11.3 Å². The summed E-state index contributed by atoms with van der Waals surface area (Å²) in [5.74, 6) is -0.633. The van der Waals surface area contributed by atoms with Gasteiger partial charge < -0.3 is 5.11 Å². The highest BCUT2D eigenvalue weighted by Crippen LogP contribution is 2.52. The normalized spacial score (nSPS) is 23.5. The van der Waals surface area contributed by atoms with Crippen molar-refractivity contribution >= 4 is 11.9 Å². The molecule has 0 aliphatic heterocycles. The van der Waals surface area contributed by atoms with Crippen LogP contribution in [0.2, 0.25) is 0 Å². The Labute approximate surface area is 181 Å². The SMILES string of the molecule is C[C@]12Cc3cnn(-c4ccc(F)cc4)c3C=C1CCC[C@@H]2[C@@H](O)C(=O)c1ccccc1. The number of hydrogen-bond donors (Lipinski definition) is 1. The smallest absolute Gasteiger partial charge is 0.191 e. The molecule has 31 heavy (non-hydrogen) atoms. The van der Waals surface area contributed by atoms with Gasteiger partial charge in [0, 0.05) is 11.5 Å². The van der Waals surface area contributed by atoms with Crippen LogP contribution in [-0.2, 0) is 6.42 Å². The van der Waals surface area contributed by atoms with Gasteiger partial charge in [0.05, 0.1) is 17.6 Å². The fourth-order valence-corrected chi connectivity index (χ4v) is 5.33. The summed E-state index contributed by atoms with van der Waals surface area (Å²) in [5, 5.41) is 15.7. The minimum absolute atomic E-state index is 0.150. The molecule has 5 rings (SSSR count). The number of hydrogen-bond acceptors (Lipinski definition) is 3. The molecule has 0 bridgehead atoms. The number of halogens is 1. The van der Waals surface area contributed by atoms with Crippen molar-refractivity contribution in [2.75, 3.05) is 0 Å². The molecule has 1 saturated carbocycles. The molecule has 1 fully saturated rings. The van der Waals surface area contributed by atoms with Crippen molar-refractivity contribution in [1.29, 1.82) is 0 Å². The van der Waals surface area contributed by atoms with E-state index in [1.807, 2.05) is 29.1 Å². The fourth-order valence-electron chi connectivity index (χ4n) is 5.33. The van der Waals surface area contributed by atoms with Gasteiger partial charge >= 0.3 is 0 Å². The summed E-state index contributed by atoms with van der Waals surface area (Å²) in [7, 11) is 0. The van der Waals surface area contributed by atoms with Crippen LogP contribution in [0.1, 0.15) is 47.8 Å². The number of nitrogens with zero attached hydrogens (tertiary/aromatic N) is 2. The molecular formula is C26H25FN2O2. The number of aromatic nitrogens is 2. The van der Waals surface area contributed by atoms with Gasteiger partial charge in [-0.15, -0.1) is 0 Å². The summed E-state index contributed by atoms with van der Waals surface area (Å²) >= 11 is 0. The van der Waals surface area contributed by atoms with Crippen LogP contribution in [0.5, 0.6) is 0 Å². The van der Waals surface area contributed by atoms with E-state index < -0.39 is 6.10 Å². The maximum absolute atomic E-state index is 13.4. The van der Waals surface area contributed by atoms with Crippen LogP contribution >= 0.6 is 0 Å². The van der Waals surface area contributed by atoms with Crippen LogP contribution < -0.4 is 0 Å². The number of Topliss-reactive ketones (excluding diaryl/α,β-unsaturated/α-hetero) is 1. The zero-order valence-electron chi connectivity index (χ0n) is 17.5. The Morgan fingerprint density at radius 2 is 1.94 bits per heavy atom. The van der Waals surface area contributed by atoms with Crippen LogP contribution in [0, 0.1) is 17.2 Å². The van der Waals surface area contributed by atoms with E-state index in [9.17, 15) is 14.3 Å². The first-order valence-corrected chi connectivity index (χ1v) is 10.8. The van der Waals surface area contributed by atoms with Gasteiger partial charge in [0.15, 0.2) is 5.78 Å². The summed E-state index contributed by atoms with van der Waals surface area (Å²) in [6.07, 6.45) is 6.40. The minimum Gasteiger partial charge on any atom is -0.385 e. The van der Waals surface area contributed by atoms with E-state index in [1.165, 1.54) is 17.7 Å². The Bertz CT molecular complexity index is 1150. The number of aliphatic hydroxyl groups is 1. The van der Waals surface area contributed by atoms with E-state index in [4.69, 9.17) is 0 Å². The molecule has 1 aromatic heterocycles. The Morgan fingerprint density at radius 1 is 1.19 bits per heavy atom. The Balaban J connectivity index is 1.49. The molecule has 158 valence electrons. The van der Waals surface area contributed by atoms with Gasteiger partial charge in [-0.25, -0.2) is 9.07 Å². The third kappa shape index (κ3) is 3.33. The molecule has 2 aliphatic carbocycles. The topological polar surface area (TPSA) is 55.1 Å². The molecule has 0 spiro atoms. The van der Waals surface area contributed by atoms with E-state index >= 15 is 0 Å². The lowest BCUT2D eigenvalue weighted by Crippen LogP contribution is -2.46. The maximum Gasteiger partial charge on any atom is 0.191 e. The highest BCUT2D eigenvalue weighted by atomic mass is 19.1. The standard InChI is InChI=1S/C26H25FN2O2/c1-26-15-18-16-28-29(21-12-10-20(27)11-13-21)23(18)14-19(26)8-5-9-22(26)25(31)24(30)17-6-3-2-4-7-17/h2-4,6-7,10-14,16,22,25,31H,5,8-9,15H2,1H3/t22-,25-,26+/m1/s1. The molecule has 0 radical (unpaired) electrons. The predicted molar refractivity (Wildman–Crippen MR) is 117 cm³/mol. The fraction of sp³-hybridized carbons (Fsp3) is 0.308. The average molecular weight is 416 g/mol. The third-order valence-electron chi connectivity index (χ3n) is 7.05. The monoisotopic (exact) mass is 416 g/mol. The first-order valence-electron chi connectivity index (χ1n) is 10.8. The number of carbonyl (C=O) groups is 1. The number of fused-ring (bicyclic) bond motifs is 2. The van der Waals surface area contributed by atoms with Crippen molar-refractivity contribution < 1.29 is 14.3 Å². The average Bonchev–Trinajstić information content (AvgIpc) is 3.19. The summed E-state index contributed by atoms with van der Waals surface area (Å²) in [4.78, 5) is 13.0. The summed E-state index contributed by atoms with van der Waals surface area (Å²) in [6, 6.07) is 15.4. The number of carbonyl (C=O) groups excluding carboxylic acids is 1. The molecule has 2 aliphatic rings. The zero-order chi connectivity index (χ0) is 21.6. The predicted octanol–water partition coefficient (Wildman–Crippen LogP) is 5.00. The van der Waals surface area contributed by atoms with Crippen molar-refractivity contribution in [3.05, 3.63) is 89.0 Å². The Morgan fingerprint density at radius 3 is 2.68 bits per heavy atom. The van der Waals surface area contributed by atoms with E-state index in [-0.39, 0.29) is 22.9 Å². The lowest BCUT2D eigenvalue weighted by atomic mass is 9.57. The van der Waals surface area contributed by atoms with Gasteiger partial charge in [-0.1, -0.05) is 42.8 Å². The summed E-state index contributed by atoms with van der Waals surface area (Å²) < 4.78 is 15.2. The molecule has 1 heterocycles. The molecule has 3 atom stereocenters. The highest BCUT2D eigenvalue weighted by molar-refractivity contribution is 5.99. The van der Waals surface area contributed by atoms with E-state index in [0.717, 1.165) is 42.6 Å². The largest absolute Gasteiger partial charge is 0.385 e. The van der Waals surface area contributed by atoms with Crippen LogP contribution in [0.25, 0.3) is 11.8 Å². The van der Waals surface area contributed by atoms with Crippen LogP contribution in [0.3, 0.4) is 0 Å². The molecule has 1 N–H and O–H groups in total. The number of benzene rings is 2. The van der Waals surface area contributed by atoms with Gasteiger partial charge in [0.1, 0.15) is 11.9 Å². The molecule has 2 aromatic carbocycles. The van der Waals surface area contributed by atoms with E-state index in [1.54, 1.807) is 24.3 Å². The molecule has 0 unspecified atom stereocenters. The van der Waals surface area contributed by atoms with Gasteiger partial charge in [-0.3, -0.25) is 4.79 Å². The second-order valence-corrected chi connectivity index (χ2v) is 8.88. The number of rotatable bonds is 4. The number of aliphatic hydroxyl groups excluding tert-OH is 1. The van der Waals surface area contributed by atoms with Gasteiger partial charge in [-0.05, 0) is 67.0 Å². The Kier molecular flexibility index (Phi) is 4.86. The van der Waals surface area contributed by atoms with E-state index in [0.29, 0.717) is 5.56 Å². The van der Waals surface area contributed by atoms with Crippen LogP contribution in [0.15, 0.2) is 66.4 Å². The van der Waals surface area contributed by atoms with Crippen LogP contribution in [-0.4, -0.2) is 26.8 Å². The molecule has 0 saturated heterocycles. The molecular weight excluding hydrogens is 391 g/mol. The van der Waals surface area contributed by atoms with Crippen LogP contribution in [0.4, 0.5) is 4.39 Å². The molecule has 4 nitrogen and oxygen atoms in total. The van der Waals surface area contributed by atoms with Crippen molar-refractivity contribution in [2.45, 2.75) is 38.7 Å². The maximum atomic E-state index is 13.4. The van der Waals surface area contributed by atoms with Gasteiger partial charge in [0.25, 0.3) is 0 Å². The summed E-state index contributed by atoms with van der Waals surface area (Å²) in [6.45, 7) is 2.17. The van der Waals surface area contributed by atoms with Gasteiger partial charge in [0.2, 0.25) is 0 Å². The zero-order valence-corrected chi connectivity index (χ0v) is 17.5. The second-order valence-electron chi connectivity index (χ2n) is 8.88. The molecule has 3 aromatic rings. The lowest BCUT2D eigenvalue weighted by Gasteiger charge is -2.47. The summed E-state index contributed by atoms with van der Waals surface area (Å²) in [5.41, 5.74) is 4.40. The highest BCUT2D eigenvalue weighted by Gasteiger charge is 2.47.